The van der Waals surface area contributed by atoms with E-state index in [1.807, 2.05) is 12.1 Å². The molecule has 0 atom stereocenters. The lowest BCUT2D eigenvalue weighted by atomic mass is 10.1. The maximum atomic E-state index is 11.4. The molecule has 2 aromatic heterocycles. The second kappa shape index (κ2) is 5.95. The third-order valence-electron chi connectivity index (χ3n) is 3.12. The highest BCUT2D eigenvalue weighted by Crippen LogP contribution is 2.22. The van der Waals surface area contributed by atoms with Gasteiger partial charge in [-0.25, -0.2) is 9.48 Å². The molecule has 0 aliphatic carbocycles. The summed E-state index contributed by atoms with van der Waals surface area (Å²) in [7, 11) is 0. The standard InChI is InChI=1S/C15H11ClN4O2/c16-12-5-3-10(4-6-12)9-20-14(11-2-1-7-17-8-11)13(15(21)22)18-19-20/h1-8H,9H2,(H,21,22). The molecule has 1 aromatic carbocycles. The number of aromatic carboxylic acids is 1. The van der Waals surface area contributed by atoms with E-state index in [0.29, 0.717) is 22.8 Å². The Hall–Kier alpha value is -2.73. The highest BCUT2D eigenvalue weighted by molar-refractivity contribution is 6.30. The zero-order chi connectivity index (χ0) is 15.5. The highest BCUT2D eigenvalue weighted by Gasteiger charge is 2.20. The lowest BCUT2D eigenvalue weighted by Gasteiger charge is -2.07. The van der Waals surface area contributed by atoms with E-state index in [1.54, 1.807) is 41.3 Å². The molecule has 3 aromatic rings. The SMILES string of the molecule is O=C(O)c1nnn(Cc2ccc(Cl)cc2)c1-c1cccnc1. The molecule has 7 heteroatoms. The Labute approximate surface area is 131 Å². The summed E-state index contributed by atoms with van der Waals surface area (Å²) >= 11 is 5.87. The van der Waals surface area contributed by atoms with Crippen LogP contribution in [0.1, 0.15) is 16.1 Å². The topological polar surface area (TPSA) is 80.9 Å². The van der Waals surface area contributed by atoms with Crippen molar-refractivity contribution in [1.82, 2.24) is 20.0 Å². The van der Waals surface area contributed by atoms with Crippen molar-refractivity contribution in [3.05, 3.63) is 65.1 Å². The van der Waals surface area contributed by atoms with Crippen molar-refractivity contribution >= 4 is 17.6 Å². The van der Waals surface area contributed by atoms with Gasteiger partial charge in [-0.3, -0.25) is 4.98 Å². The molecule has 0 amide bonds. The summed E-state index contributed by atoms with van der Waals surface area (Å²) in [6.07, 6.45) is 3.21. The van der Waals surface area contributed by atoms with Crippen LogP contribution in [0, 0.1) is 0 Å². The van der Waals surface area contributed by atoms with Crippen LogP contribution in [0.5, 0.6) is 0 Å². The fourth-order valence-corrected chi connectivity index (χ4v) is 2.25. The molecule has 0 aliphatic rings. The quantitative estimate of drug-likeness (QED) is 0.800. The number of carbonyl (C=O) groups is 1. The number of hydrogen-bond donors (Lipinski definition) is 1. The lowest BCUT2D eigenvalue weighted by molar-refractivity contribution is 0.0691. The first-order valence-corrected chi connectivity index (χ1v) is 6.84. The fraction of sp³-hybridized carbons (Fsp3) is 0.0667. The van der Waals surface area contributed by atoms with Gasteiger partial charge < -0.3 is 5.11 Å². The number of nitrogens with zero attached hydrogens (tertiary/aromatic N) is 4. The number of carboxylic acids is 1. The summed E-state index contributed by atoms with van der Waals surface area (Å²) in [6, 6.07) is 10.8. The van der Waals surface area contributed by atoms with Crippen LogP contribution in [0.3, 0.4) is 0 Å². The van der Waals surface area contributed by atoms with Crippen LogP contribution in [-0.4, -0.2) is 31.1 Å². The second-order valence-electron chi connectivity index (χ2n) is 4.62. The van der Waals surface area contributed by atoms with Gasteiger partial charge in [0.2, 0.25) is 0 Å². The summed E-state index contributed by atoms with van der Waals surface area (Å²) in [4.78, 5) is 15.4. The van der Waals surface area contributed by atoms with Crippen molar-refractivity contribution in [3.63, 3.8) is 0 Å². The molecular formula is C15H11ClN4O2. The smallest absolute Gasteiger partial charge is 0.358 e. The van der Waals surface area contributed by atoms with E-state index in [4.69, 9.17) is 11.6 Å². The van der Waals surface area contributed by atoms with Crippen LogP contribution in [0.25, 0.3) is 11.3 Å². The Balaban J connectivity index is 2.05. The van der Waals surface area contributed by atoms with Crippen LogP contribution in [0.4, 0.5) is 0 Å². The Morgan fingerprint density at radius 2 is 2.00 bits per heavy atom. The van der Waals surface area contributed by atoms with E-state index in [2.05, 4.69) is 15.3 Å². The third-order valence-corrected chi connectivity index (χ3v) is 3.37. The zero-order valence-corrected chi connectivity index (χ0v) is 12.1. The van der Waals surface area contributed by atoms with Crippen LogP contribution in [0.2, 0.25) is 5.02 Å². The van der Waals surface area contributed by atoms with Crippen molar-refractivity contribution in [2.24, 2.45) is 0 Å². The minimum atomic E-state index is -1.12. The third kappa shape index (κ3) is 2.82. The molecule has 0 aliphatic heterocycles. The highest BCUT2D eigenvalue weighted by atomic mass is 35.5. The van der Waals surface area contributed by atoms with Crippen molar-refractivity contribution < 1.29 is 9.90 Å². The largest absolute Gasteiger partial charge is 0.476 e. The summed E-state index contributed by atoms with van der Waals surface area (Å²) in [5.41, 5.74) is 1.92. The van der Waals surface area contributed by atoms with Crippen LogP contribution in [0.15, 0.2) is 48.8 Å². The number of aromatic nitrogens is 4. The van der Waals surface area contributed by atoms with Crippen LogP contribution in [-0.2, 0) is 6.54 Å². The predicted octanol–water partition coefficient (Wildman–Crippen LogP) is 2.74. The van der Waals surface area contributed by atoms with Gasteiger partial charge in [-0.15, -0.1) is 5.10 Å². The molecule has 0 unspecified atom stereocenters. The van der Waals surface area contributed by atoms with E-state index in [1.165, 1.54) is 0 Å². The molecule has 0 radical (unpaired) electrons. The molecule has 0 saturated heterocycles. The van der Waals surface area contributed by atoms with Crippen LogP contribution >= 0.6 is 11.6 Å². The molecule has 22 heavy (non-hydrogen) atoms. The van der Waals surface area contributed by atoms with E-state index in [9.17, 15) is 9.90 Å². The van der Waals surface area contributed by atoms with Crippen molar-refractivity contribution in [1.29, 1.82) is 0 Å². The number of benzene rings is 1. The van der Waals surface area contributed by atoms with E-state index in [-0.39, 0.29) is 5.69 Å². The van der Waals surface area contributed by atoms with Crippen LogP contribution < -0.4 is 0 Å². The molecule has 110 valence electrons. The van der Waals surface area contributed by atoms with Gasteiger partial charge in [0.1, 0.15) is 5.69 Å². The van der Waals surface area contributed by atoms with Crippen molar-refractivity contribution in [2.45, 2.75) is 6.54 Å². The van der Waals surface area contributed by atoms with Gasteiger partial charge in [-0.1, -0.05) is 28.9 Å². The first kappa shape index (κ1) is 14.2. The number of pyridine rings is 1. The molecule has 6 nitrogen and oxygen atoms in total. The Morgan fingerprint density at radius 3 is 2.64 bits per heavy atom. The Kier molecular flexibility index (Phi) is 3.84. The second-order valence-corrected chi connectivity index (χ2v) is 5.05. The van der Waals surface area contributed by atoms with Crippen molar-refractivity contribution in [2.75, 3.05) is 0 Å². The normalized spacial score (nSPS) is 10.6. The summed E-state index contributed by atoms with van der Waals surface area (Å²) < 4.78 is 1.55. The Morgan fingerprint density at radius 1 is 1.23 bits per heavy atom. The minimum Gasteiger partial charge on any atom is -0.476 e. The molecule has 2 heterocycles. The first-order valence-electron chi connectivity index (χ1n) is 6.47. The monoisotopic (exact) mass is 314 g/mol. The average molecular weight is 315 g/mol. The number of halogens is 1. The minimum absolute atomic E-state index is 0.0954. The van der Waals surface area contributed by atoms with Gasteiger partial charge in [0.05, 0.1) is 6.54 Å². The maximum absolute atomic E-state index is 11.4. The Bertz CT molecular complexity index is 800. The van der Waals surface area contributed by atoms with E-state index < -0.39 is 5.97 Å². The number of rotatable bonds is 4. The maximum Gasteiger partial charge on any atom is 0.358 e. The molecule has 0 saturated carbocycles. The molecule has 0 fully saturated rings. The fourth-order valence-electron chi connectivity index (χ4n) is 2.12. The van der Waals surface area contributed by atoms with E-state index in [0.717, 1.165) is 5.56 Å². The van der Waals surface area contributed by atoms with Gasteiger partial charge in [0, 0.05) is 23.0 Å². The van der Waals surface area contributed by atoms with Gasteiger partial charge in [-0.2, -0.15) is 0 Å². The molecule has 3 rings (SSSR count). The molecular weight excluding hydrogens is 304 g/mol. The molecule has 1 N–H and O–H groups in total. The number of carboxylic acid groups (broad SMARTS) is 1. The lowest BCUT2D eigenvalue weighted by Crippen LogP contribution is -2.06. The van der Waals surface area contributed by atoms with Gasteiger partial charge >= 0.3 is 5.97 Å². The van der Waals surface area contributed by atoms with Gasteiger partial charge in [0.25, 0.3) is 0 Å². The predicted molar refractivity (Wildman–Crippen MR) is 80.8 cm³/mol. The zero-order valence-electron chi connectivity index (χ0n) is 11.3. The molecule has 0 spiro atoms. The average Bonchev–Trinajstić information content (AvgIpc) is 2.94. The first-order chi connectivity index (χ1) is 10.6. The van der Waals surface area contributed by atoms with Gasteiger partial charge in [-0.05, 0) is 29.8 Å². The number of hydrogen-bond acceptors (Lipinski definition) is 4. The summed E-state index contributed by atoms with van der Waals surface area (Å²) in [5, 5.41) is 17.7. The van der Waals surface area contributed by atoms with Crippen molar-refractivity contribution in [3.8, 4) is 11.3 Å². The van der Waals surface area contributed by atoms with Gasteiger partial charge in [0.15, 0.2) is 5.69 Å². The molecule has 0 bridgehead atoms. The summed E-state index contributed by atoms with van der Waals surface area (Å²) in [6.45, 7) is 0.391. The van der Waals surface area contributed by atoms with E-state index >= 15 is 0 Å². The summed E-state index contributed by atoms with van der Waals surface area (Å²) in [5.74, 6) is -1.12.